The number of benzene rings is 1. The lowest BCUT2D eigenvalue weighted by atomic mass is 10.0. The van der Waals surface area contributed by atoms with Gasteiger partial charge in [-0.15, -0.1) is 26.6 Å². The molecule has 1 aliphatic rings. The van der Waals surface area contributed by atoms with Gasteiger partial charge in [0, 0.05) is 26.6 Å². The number of nitrogens with zero attached hydrogens (tertiary/aromatic N) is 6. The average molecular weight is 441 g/mol. The standard InChI is InChI=1S/C21H24N6O3S/c1-29-16-5-3-4-15(11-16)20(30-2)17(28)12-19-25-24-18(31-19)10-14-6-9-27(13-14)21-22-7-8-23-26-21/h3-5,7-8,11,14,20H,6,9-10,12-13H2,1-2H3/t14-,20-/m0/s1. The maximum absolute atomic E-state index is 12.8. The van der Waals surface area contributed by atoms with Crippen LogP contribution >= 0.6 is 11.3 Å². The Morgan fingerprint density at radius 1 is 1.23 bits per heavy atom. The SMILES string of the molecule is COc1cccc([C@H](OC)C(=O)Cc2nnc(C[C@@H]3CCN(c4nccnn4)C3)s2)c1. The lowest BCUT2D eigenvalue weighted by Gasteiger charge is -2.14. The average Bonchev–Trinajstić information content (AvgIpc) is 3.45. The fourth-order valence-corrected chi connectivity index (χ4v) is 4.72. The number of aromatic nitrogens is 5. The molecule has 0 saturated carbocycles. The summed E-state index contributed by atoms with van der Waals surface area (Å²) in [6.45, 7) is 1.76. The second-order valence-electron chi connectivity index (χ2n) is 7.37. The molecule has 4 rings (SSSR count). The lowest BCUT2D eigenvalue weighted by Crippen LogP contribution is -2.22. The molecule has 1 aromatic carbocycles. The van der Waals surface area contributed by atoms with E-state index in [4.69, 9.17) is 9.47 Å². The molecule has 0 amide bonds. The molecule has 0 radical (unpaired) electrons. The zero-order chi connectivity index (χ0) is 21.6. The van der Waals surface area contributed by atoms with Crippen LogP contribution in [0.4, 0.5) is 5.95 Å². The minimum absolute atomic E-state index is 0.0563. The van der Waals surface area contributed by atoms with E-state index in [0.717, 1.165) is 36.5 Å². The third-order valence-electron chi connectivity index (χ3n) is 5.26. The van der Waals surface area contributed by atoms with E-state index in [2.05, 4.69) is 30.3 Å². The highest BCUT2D eigenvalue weighted by atomic mass is 32.1. The van der Waals surface area contributed by atoms with Crippen LogP contribution in [0, 0.1) is 5.92 Å². The summed E-state index contributed by atoms with van der Waals surface area (Å²) in [5.41, 5.74) is 0.764. The number of hydrogen-bond donors (Lipinski definition) is 0. The van der Waals surface area contributed by atoms with Crippen molar-refractivity contribution < 1.29 is 14.3 Å². The van der Waals surface area contributed by atoms with Crippen molar-refractivity contribution in [2.75, 3.05) is 32.2 Å². The molecular weight excluding hydrogens is 416 g/mol. The van der Waals surface area contributed by atoms with Gasteiger partial charge in [0.2, 0.25) is 5.95 Å². The van der Waals surface area contributed by atoms with Crippen LogP contribution in [0.3, 0.4) is 0 Å². The van der Waals surface area contributed by atoms with E-state index in [1.54, 1.807) is 19.5 Å². The number of ketones is 1. The van der Waals surface area contributed by atoms with Crippen molar-refractivity contribution in [2.24, 2.45) is 5.92 Å². The first kappa shape index (κ1) is 21.3. The van der Waals surface area contributed by atoms with Gasteiger partial charge in [0.1, 0.15) is 21.9 Å². The summed E-state index contributed by atoms with van der Waals surface area (Å²) >= 11 is 1.49. The zero-order valence-corrected chi connectivity index (χ0v) is 18.3. The third-order valence-corrected chi connectivity index (χ3v) is 6.21. The van der Waals surface area contributed by atoms with Gasteiger partial charge in [0.25, 0.3) is 0 Å². The van der Waals surface area contributed by atoms with Crippen molar-refractivity contribution in [2.45, 2.75) is 25.4 Å². The first-order chi connectivity index (χ1) is 15.2. The van der Waals surface area contributed by atoms with Gasteiger partial charge in [-0.3, -0.25) is 4.79 Å². The summed E-state index contributed by atoms with van der Waals surface area (Å²) in [7, 11) is 3.13. The van der Waals surface area contributed by atoms with Gasteiger partial charge in [-0.05, 0) is 30.0 Å². The predicted molar refractivity (Wildman–Crippen MR) is 115 cm³/mol. The maximum atomic E-state index is 12.8. The van der Waals surface area contributed by atoms with E-state index in [1.807, 2.05) is 24.3 Å². The van der Waals surface area contributed by atoms with Crippen molar-refractivity contribution in [3.05, 3.63) is 52.2 Å². The summed E-state index contributed by atoms with van der Waals surface area (Å²) in [5, 5.41) is 18.2. The van der Waals surface area contributed by atoms with Crippen molar-refractivity contribution in [1.29, 1.82) is 0 Å². The van der Waals surface area contributed by atoms with Gasteiger partial charge >= 0.3 is 0 Å². The topological polar surface area (TPSA) is 103 Å². The fourth-order valence-electron chi connectivity index (χ4n) is 3.76. The molecule has 0 bridgehead atoms. The van der Waals surface area contributed by atoms with Crippen molar-refractivity contribution in [1.82, 2.24) is 25.4 Å². The van der Waals surface area contributed by atoms with E-state index < -0.39 is 6.10 Å². The molecule has 0 unspecified atom stereocenters. The molecular formula is C21H24N6O3S. The lowest BCUT2D eigenvalue weighted by molar-refractivity contribution is -0.128. The summed E-state index contributed by atoms with van der Waals surface area (Å²) in [4.78, 5) is 19.3. The quantitative estimate of drug-likeness (QED) is 0.496. The third kappa shape index (κ3) is 5.20. The minimum Gasteiger partial charge on any atom is -0.497 e. The molecule has 31 heavy (non-hydrogen) atoms. The van der Waals surface area contributed by atoms with Gasteiger partial charge < -0.3 is 14.4 Å². The molecule has 2 atom stereocenters. The molecule has 9 nitrogen and oxygen atoms in total. The van der Waals surface area contributed by atoms with E-state index in [9.17, 15) is 4.79 Å². The highest BCUT2D eigenvalue weighted by molar-refractivity contribution is 7.11. The summed E-state index contributed by atoms with van der Waals surface area (Å²) in [5.74, 6) is 1.74. The van der Waals surface area contributed by atoms with Gasteiger partial charge in [0.05, 0.1) is 25.9 Å². The molecule has 10 heteroatoms. The summed E-state index contributed by atoms with van der Waals surface area (Å²) in [6, 6.07) is 7.35. The first-order valence-electron chi connectivity index (χ1n) is 10.1. The van der Waals surface area contributed by atoms with Crippen LogP contribution in [0.15, 0.2) is 36.7 Å². The molecule has 2 aromatic heterocycles. The van der Waals surface area contributed by atoms with Crippen molar-refractivity contribution >= 4 is 23.1 Å². The number of anilines is 1. The van der Waals surface area contributed by atoms with Crippen LogP contribution in [0.5, 0.6) is 5.75 Å². The zero-order valence-electron chi connectivity index (χ0n) is 17.5. The number of methoxy groups -OCH3 is 2. The molecule has 1 aliphatic heterocycles. The van der Waals surface area contributed by atoms with Crippen molar-refractivity contribution in [3.63, 3.8) is 0 Å². The number of Topliss-reactive ketones (excluding diaryl/α,β-unsaturated/α-hetero) is 1. The molecule has 0 aliphatic carbocycles. The Kier molecular flexibility index (Phi) is 6.78. The molecule has 1 saturated heterocycles. The van der Waals surface area contributed by atoms with Crippen LogP contribution in [0.1, 0.15) is 28.1 Å². The Balaban J connectivity index is 1.35. The van der Waals surface area contributed by atoms with Crippen LogP contribution in [-0.4, -0.2) is 58.5 Å². The Hall–Kier alpha value is -2.98. The minimum atomic E-state index is -0.662. The summed E-state index contributed by atoms with van der Waals surface area (Å²) < 4.78 is 10.7. The Bertz CT molecular complexity index is 1020. The maximum Gasteiger partial charge on any atom is 0.245 e. The Morgan fingerprint density at radius 2 is 2.10 bits per heavy atom. The second-order valence-corrected chi connectivity index (χ2v) is 8.52. The molecule has 0 N–H and O–H groups in total. The number of rotatable bonds is 9. The smallest absolute Gasteiger partial charge is 0.245 e. The Morgan fingerprint density at radius 3 is 2.87 bits per heavy atom. The van der Waals surface area contributed by atoms with Gasteiger partial charge in [-0.25, -0.2) is 4.98 Å². The summed E-state index contributed by atoms with van der Waals surface area (Å²) in [6.07, 6.45) is 4.62. The van der Waals surface area contributed by atoms with E-state index >= 15 is 0 Å². The monoisotopic (exact) mass is 440 g/mol. The van der Waals surface area contributed by atoms with Crippen LogP contribution in [0.2, 0.25) is 0 Å². The normalized spacial score (nSPS) is 17.0. The molecule has 3 heterocycles. The van der Waals surface area contributed by atoms with Gasteiger partial charge in [-0.2, -0.15) is 5.10 Å². The van der Waals surface area contributed by atoms with Crippen LogP contribution < -0.4 is 9.64 Å². The van der Waals surface area contributed by atoms with E-state index in [0.29, 0.717) is 22.6 Å². The molecule has 162 valence electrons. The number of hydrogen-bond acceptors (Lipinski definition) is 10. The largest absolute Gasteiger partial charge is 0.497 e. The first-order valence-corrected chi connectivity index (χ1v) is 10.9. The van der Waals surface area contributed by atoms with E-state index in [-0.39, 0.29) is 12.2 Å². The molecule has 3 aromatic rings. The molecule has 1 fully saturated rings. The highest BCUT2D eigenvalue weighted by Crippen LogP contribution is 2.27. The number of ether oxygens (including phenoxy) is 2. The highest BCUT2D eigenvalue weighted by Gasteiger charge is 2.27. The predicted octanol–water partition coefficient (Wildman–Crippen LogP) is 2.30. The van der Waals surface area contributed by atoms with E-state index in [1.165, 1.54) is 18.4 Å². The number of carbonyl (C=O) groups is 1. The van der Waals surface area contributed by atoms with Crippen molar-refractivity contribution in [3.8, 4) is 5.75 Å². The van der Waals surface area contributed by atoms with Crippen LogP contribution in [-0.2, 0) is 22.4 Å². The second kappa shape index (κ2) is 9.88. The fraction of sp³-hybridized carbons (Fsp3) is 0.429. The van der Waals surface area contributed by atoms with Gasteiger partial charge in [0.15, 0.2) is 5.78 Å². The van der Waals surface area contributed by atoms with Crippen LogP contribution in [0.25, 0.3) is 0 Å². The Labute approximate surface area is 184 Å². The van der Waals surface area contributed by atoms with Gasteiger partial charge in [-0.1, -0.05) is 12.1 Å². The molecule has 0 spiro atoms. The number of carbonyl (C=O) groups excluding carboxylic acids is 1.